The lowest BCUT2D eigenvalue weighted by Crippen LogP contribution is -1.89. The molecule has 1 unspecified atom stereocenters. The van der Waals surface area contributed by atoms with Gasteiger partial charge in [-0.1, -0.05) is 15.9 Å². The molecule has 0 aromatic carbocycles. The van der Waals surface area contributed by atoms with E-state index in [4.69, 9.17) is 0 Å². The molecule has 1 saturated carbocycles. The van der Waals surface area contributed by atoms with Gasteiger partial charge in [-0.05, 0) is 18.8 Å². The van der Waals surface area contributed by atoms with Gasteiger partial charge in [0.25, 0.3) is 0 Å². The molecule has 64 valence electrons. The zero-order valence-electron chi connectivity index (χ0n) is 6.37. The number of carbonyl (C=O) groups is 1. The number of hydrogen-bond acceptors (Lipinski definition) is 3. The van der Waals surface area contributed by atoms with Gasteiger partial charge in [-0.2, -0.15) is 0 Å². The van der Waals surface area contributed by atoms with E-state index in [9.17, 15) is 4.79 Å². The predicted octanol–water partition coefficient (Wildman–Crippen LogP) is 2.80. The van der Waals surface area contributed by atoms with Crippen molar-refractivity contribution in [2.45, 2.75) is 17.7 Å². The molecule has 0 aliphatic heterocycles. The number of carbonyl (C=O) groups excluding carboxylic acids is 1. The van der Waals surface area contributed by atoms with Crippen molar-refractivity contribution in [3.63, 3.8) is 0 Å². The summed E-state index contributed by atoms with van der Waals surface area (Å²) in [6.45, 7) is 0. The van der Waals surface area contributed by atoms with Crippen LogP contribution in [0.4, 0.5) is 0 Å². The van der Waals surface area contributed by atoms with E-state index in [1.807, 2.05) is 0 Å². The monoisotopic (exact) mass is 245 g/mol. The summed E-state index contributed by atoms with van der Waals surface area (Å²) in [5, 5.41) is 1.04. The number of halogens is 1. The molecule has 0 radical (unpaired) electrons. The third kappa shape index (κ3) is 1.59. The first-order chi connectivity index (χ1) is 5.81. The Morgan fingerprint density at radius 1 is 1.75 bits per heavy atom. The van der Waals surface area contributed by atoms with Crippen molar-refractivity contribution in [1.29, 1.82) is 0 Å². The Morgan fingerprint density at radius 2 is 2.50 bits per heavy atom. The second kappa shape index (κ2) is 3.26. The molecule has 1 atom stereocenters. The molecule has 1 heterocycles. The molecule has 4 heteroatoms. The van der Waals surface area contributed by atoms with Gasteiger partial charge in [-0.15, -0.1) is 11.3 Å². The number of nitrogens with zero attached hydrogens (tertiary/aromatic N) is 1. The summed E-state index contributed by atoms with van der Waals surface area (Å²) in [4.78, 5) is 15.7. The first kappa shape index (κ1) is 8.38. The fraction of sp³-hybridized carbons (Fsp3) is 0.500. The highest BCUT2D eigenvalue weighted by Gasteiger charge is 2.32. The molecule has 2 rings (SSSR count). The summed E-state index contributed by atoms with van der Waals surface area (Å²) >= 11 is 5.07. The van der Waals surface area contributed by atoms with Gasteiger partial charge in [-0.3, -0.25) is 4.79 Å². The fourth-order valence-corrected chi connectivity index (χ4v) is 2.81. The Bertz CT molecular complexity index is 295. The molecule has 0 saturated heterocycles. The standard InChI is InChI=1S/C8H8BrNOS/c9-7(5-1-2-5)8-10-3-6(4-11)12-8/h3-5,7H,1-2H2. The molecule has 0 N–H and O–H groups in total. The maximum absolute atomic E-state index is 10.4. The van der Waals surface area contributed by atoms with E-state index in [2.05, 4.69) is 20.9 Å². The van der Waals surface area contributed by atoms with Crippen molar-refractivity contribution in [3.05, 3.63) is 16.1 Å². The van der Waals surface area contributed by atoms with Crippen LogP contribution in [0.15, 0.2) is 6.20 Å². The molecule has 1 aromatic rings. The van der Waals surface area contributed by atoms with E-state index < -0.39 is 0 Å². The average molecular weight is 246 g/mol. The summed E-state index contributed by atoms with van der Waals surface area (Å²) in [6.07, 6.45) is 5.06. The van der Waals surface area contributed by atoms with Crippen LogP contribution < -0.4 is 0 Å². The van der Waals surface area contributed by atoms with Crippen molar-refractivity contribution >= 4 is 33.6 Å². The SMILES string of the molecule is O=Cc1cnc(C(Br)C2CC2)s1. The largest absolute Gasteiger partial charge is 0.297 e. The maximum atomic E-state index is 10.4. The smallest absolute Gasteiger partial charge is 0.161 e. The van der Waals surface area contributed by atoms with Gasteiger partial charge in [0.15, 0.2) is 6.29 Å². The molecule has 1 aliphatic rings. The Kier molecular flexibility index (Phi) is 2.28. The molecular weight excluding hydrogens is 238 g/mol. The molecular formula is C8H8BrNOS. The quantitative estimate of drug-likeness (QED) is 0.606. The average Bonchev–Trinajstić information content (AvgIpc) is 2.82. The van der Waals surface area contributed by atoms with Crippen LogP contribution in [0.1, 0.15) is 32.3 Å². The number of aromatic nitrogens is 1. The lowest BCUT2D eigenvalue weighted by molar-refractivity contribution is 0.112. The Hall–Kier alpha value is -0.220. The van der Waals surface area contributed by atoms with Crippen LogP contribution in [0.5, 0.6) is 0 Å². The van der Waals surface area contributed by atoms with E-state index in [1.165, 1.54) is 24.2 Å². The Morgan fingerprint density at radius 3 is 3.00 bits per heavy atom. The van der Waals surface area contributed by atoms with Crippen molar-refractivity contribution in [2.24, 2.45) is 5.92 Å². The van der Waals surface area contributed by atoms with E-state index in [0.717, 1.165) is 22.1 Å². The van der Waals surface area contributed by atoms with E-state index in [-0.39, 0.29) is 0 Å². The number of rotatable bonds is 3. The lowest BCUT2D eigenvalue weighted by atomic mass is 10.3. The minimum atomic E-state index is 0.371. The molecule has 1 aromatic heterocycles. The van der Waals surface area contributed by atoms with Crippen LogP contribution in [0.25, 0.3) is 0 Å². The van der Waals surface area contributed by atoms with Crippen molar-refractivity contribution in [3.8, 4) is 0 Å². The third-order valence-electron chi connectivity index (χ3n) is 1.93. The first-order valence-corrected chi connectivity index (χ1v) is 5.59. The number of hydrogen-bond donors (Lipinski definition) is 0. The molecule has 1 fully saturated rings. The maximum Gasteiger partial charge on any atom is 0.161 e. The highest BCUT2D eigenvalue weighted by molar-refractivity contribution is 9.09. The van der Waals surface area contributed by atoms with E-state index in [1.54, 1.807) is 6.20 Å². The van der Waals surface area contributed by atoms with Crippen molar-refractivity contribution < 1.29 is 4.79 Å². The molecule has 0 amide bonds. The predicted molar refractivity (Wildman–Crippen MR) is 51.9 cm³/mol. The minimum Gasteiger partial charge on any atom is -0.297 e. The van der Waals surface area contributed by atoms with Crippen molar-refractivity contribution in [1.82, 2.24) is 4.98 Å². The van der Waals surface area contributed by atoms with E-state index >= 15 is 0 Å². The summed E-state index contributed by atoms with van der Waals surface area (Å²) < 4.78 is 0. The second-order valence-electron chi connectivity index (χ2n) is 2.96. The zero-order valence-corrected chi connectivity index (χ0v) is 8.77. The van der Waals surface area contributed by atoms with Gasteiger partial charge in [0.2, 0.25) is 0 Å². The summed E-state index contributed by atoms with van der Waals surface area (Å²) in [6, 6.07) is 0. The summed E-state index contributed by atoms with van der Waals surface area (Å²) in [5.74, 6) is 0.746. The third-order valence-corrected chi connectivity index (χ3v) is 4.42. The molecule has 2 nitrogen and oxygen atoms in total. The Balaban J connectivity index is 2.15. The van der Waals surface area contributed by atoms with Crippen LogP contribution in [-0.2, 0) is 0 Å². The number of alkyl halides is 1. The van der Waals surface area contributed by atoms with Crippen LogP contribution in [0, 0.1) is 5.92 Å². The van der Waals surface area contributed by atoms with E-state index in [0.29, 0.717) is 4.83 Å². The van der Waals surface area contributed by atoms with Crippen LogP contribution in [0.2, 0.25) is 0 Å². The molecule has 0 bridgehead atoms. The van der Waals surface area contributed by atoms with Gasteiger partial charge in [0, 0.05) is 6.20 Å². The summed E-state index contributed by atoms with van der Waals surface area (Å²) in [5.41, 5.74) is 0. The van der Waals surface area contributed by atoms with Gasteiger partial charge in [0.05, 0.1) is 9.70 Å². The Labute approximate surface area is 83.1 Å². The fourth-order valence-electron chi connectivity index (χ4n) is 1.07. The van der Waals surface area contributed by atoms with Crippen LogP contribution in [0.3, 0.4) is 0 Å². The minimum absolute atomic E-state index is 0.371. The van der Waals surface area contributed by atoms with Gasteiger partial charge in [-0.25, -0.2) is 4.98 Å². The van der Waals surface area contributed by atoms with Gasteiger partial charge in [0.1, 0.15) is 5.01 Å². The number of aldehydes is 1. The first-order valence-electron chi connectivity index (χ1n) is 3.86. The molecule has 1 aliphatic carbocycles. The molecule has 0 spiro atoms. The van der Waals surface area contributed by atoms with Gasteiger partial charge < -0.3 is 0 Å². The van der Waals surface area contributed by atoms with Crippen molar-refractivity contribution in [2.75, 3.05) is 0 Å². The van der Waals surface area contributed by atoms with Gasteiger partial charge >= 0.3 is 0 Å². The lowest BCUT2D eigenvalue weighted by Gasteiger charge is -2.01. The topological polar surface area (TPSA) is 30.0 Å². The van der Waals surface area contributed by atoms with Crippen LogP contribution in [-0.4, -0.2) is 11.3 Å². The number of thiazole rings is 1. The summed E-state index contributed by atoms with van der Waals surface area (Å²) in [7, 11) is 0. The van der Waals surface area contributed by atoms with Crippen LogP contribution >= 0.6 is 27.3 Å². The highest BCUT2D eigenvalue weighted by Crippen LogP contribution is 2.46. The highest BCUT2D eigenvalue weighted by atomic mass is 79.9. The second-order valence-corrected chi connectivity index (χ2v) is 5.04. The normalized spacial score (nSPS) is 19.1. The molecule has 12 heavy (non-hydrogen) atoms. The zero-order chi connectivity index (χ0) is 8.55.